The van der Waals surface area contributed by atoms with Crippen LogP contribution < -0.4 is 5.73 Å². The number of furan rings is 1. The molecule has 0 radical (unpaired) electrons. The van der Waals surface area contributed by atoms with Crippen LogP contribution in [0.4, 0.5) is 0 Å². The number of fused-ring (bicyclic) bond motifs is 1. The quantitative estimate of drug-likeness (QED) is 0.842. The fraction of sp³-hybridized carbons (Fsp3) is 0.111. The summed E-state index contributed by atoms with van der Waals surface area (Å²) in [5.74, 6) is 0. The van der Waals surface area contributed by atoms with E-state index in [1.165, 1.54) is 0 Å². The zero-order chi connectivity index (χ0) is 9.42. The van der Waals surface area contributed by atoms with Gasteiger partial charge in [-0.2, -0.15) is 0 Å². The lowest BCUT2D eigenvalue weighted by Crippen LogP contribution is -1.94. The van der Waals surface area contributed by atoms with E-state index in [0.29, 0.717) is 22.2 Å². The van der Waals surface area contributed by atoms with Gasteiger partial charge >= 0.3 is 0 Å². The summed E-state index contributed by atoms with van der Waals surface area (Å²) in [7, 11) is 0. The molecule has 2 rings (SSSR count). The molecule has 0 saturated carbocycles. The average molecular weight is 253 g/mol. The number of hydrogen-bond donors (Lipinski definition) is 1. The van der Waals surface area contributed by atoms with Gasteiger partial charge in [0.25, 0.3) is 0 Å². The van der Waals surface area contributed by atoms with Crippen LogP contribution in [0.2, 0.25) is 10.0 Å². The molecule has 0 spiro atoms. The van der Waals surface area contributed by atoms with Crippen molar-refractivity contribution in [1.29, 1.82) is 0 Å². The van der Waals surface area contributed by atoms with Gasteiger partial charge in [0.15, 0.2) is 0 Å². The fourth-order valence-corrected chi connectivity index (χ4v) is 1.89. The Balaban J connectivity index is 0.000000980. The first-order chi connectivity index (χ1) is 6.22. The molecule has 0 fully saturated rings. The summed E-state index contributed by atoms with van der Waals surface area (Å²) in [6, 6.07) is 3.40. The van der Waals surface area contributed by atoms with Crippen LogP contribution in [0.15, 0.2) is 22.8 Å². The summed E-state index contributed by atoms with van der Waals surface area (Å²) in [5, 5.41) is 2.00. The van der Waals surface area contributed by atoms with Crippen molar-refractivity contribution in [3.05, 3.63) is 34.0 Å². The van der Waals surface area contributed by atoms with Crippen LogP contribution in [0.25, 0.3) is 11.0 Å². The Morgan fingerprint density at radius 1 is 1.29 bits per heavy atom. The molecule has 0 aliphatic carbocycles. The summed E-state index contributed by atoms with van der Waals surface area (Å²) in [5.41, 5.74) is 7.09. The molecule has 0 atom stereocenters. The standard InChI is InChI=1S/C9H7Cl2NO.ClH/c10-6-1-7(11)9-5(3-12)4-13-8(9)2-6;/h1-2,4H,3,12H2;1H. The molecule has 1 aromatic heterocycles. The van der Waals surface area contributed by atoms with Crippen molar-refractivity contribution >= 4 is 46.6 Å². The maximum absolute atomic E-state index is 5.99. The maximum Gasteiger partial charge on any atom is 0.137 e. The molecule has 1 heterocycles. The molecule has 0 bridgehead atoms. The van der Waals surface area contributed by atoms with Gasteiger partial charge in [-0.25, -0.2) is 0 Å². The first-order valence-corrected chi connectivity index (χ1v) is 4.53. The molecule has 2 nitrogen and oxygen atoms in total. The van der Waals surface area contributed by atoms with Gasteiger partial charge < -0.3 is 10.2 Å². The Bertz CT molecular complexity index is 452. The summed E-state index contributed by atoms with van der Waals surface area (Å²) in [6.45, 7) is 0.411. The molecule has 2 N–H and O–H groups in total. The van der Waals surface area contributed by atoms with Gasteiger partial charge in [-0.05, 0) is 6.07 Å². The third-order valence-corrected chi connectivity index (χ3v) is 2.40. The second kappa shape index (κ2) is 4.41. The molecule has 0 saturated heterocycles. The van der Waals surface area contributed by atoms with Crippen molar-refractivity contribution in [1.82, 2.24) is 0 Å². The Hall–Kier alpha value is -0.410. The van der Waals surface area contributed by atoms with Crippen LogP contribution in [0.3, 0.4) is 0 Å². The lowest BCUT2D eigenvalue weighted by atomic mass is 10.2. The highest BCUT2D eigenvalue weighted by Gasteiger charge is 2.09. The van der Waals surface area contributed by atoms with E-state index in [0.717, 1.165) is 10.9 Å². The van der Waals surface area contributed by atoms with E-state index >= 15 is 0 Å². The predicted octanol–water partition coefficient (Wildman–Crippen LogP) is 3.62. The molecular formula is C9H8Cl3NO. The average Bonchev–Trinajstić information content (AvgIpc) is 2.47. The number of benzene rings is 1. The maximum atomic E-state index is 5.99. The molecule has 1 aromatic carbocycles. The molecule has 14 heavy (non-hydrogen) atoms. The third-order valence-electron chi connectivity index (χ3n) is 1.89. The summed E-state index contributed by atoms with van der Waals surface area (Å²) in [6.07, 6.45) is 1.60. The van der Waals surface area contributed by atoms with Gasteiger partial charge in [0.05, 0.1) is 11.3 Å². The van der Waals surface area contributed by atoms with Crippen LogP contribution in [0.1, 0.15) is 5.56 Å². The highest BCUT2D eigenvalue weighted by Crippen LogP contribution is 2.31. The van der Waals surface area contributed by atoms with E-state index in [9.17, 15) is 0 Å². The molecule has 0 aliphatic heterocycles. The van der Waals surface area contributed by atoms with E-state index in [4.69, 9.17) is 33.4 Å². The predicted molar refractivity (Wildman–Crippen MR) is 61.4 cm³/mol. The Kier molecular flexibility index (Phi) is 3.67. The van der Waals surface area contributed by atoms with E-state index < -0.39 is 0 Å². The van der Waals surface area contributed by atoms with Crippen LogP contribution in [0, 0.1) is 0 Å². The largest absolute Gasteiger partial charge is 0.464 e. The zero-order valence-corrected chi connectivity index (χ0v) is 9.42. The van der Waals surface area contributed by atoms with Gasteiger partial charge in [0.1, 0.15) is 5.58 Å². The minimum absolute atomic E-state index is 0. The molecular weight excluding hydrogens is 244 g/mol. The summed E-state index contributed by atoms with van der Waals surface area (Å²) < 4.78 is 5.25. The van der Waals surface area contributed by atoms with Gasteiger partial charge in [0.2, 0.25) is 0 Å². The SMILES string of the molecule is Cl.NCc1coc2cc(Cl)cc(Cl)c12. The molecule has 0 aliphatic rings. The Morgan fingerprint density at radius 3 is 2.64 bits per heavy atom. The molecule has 5 heteroatoms. The topological polar surface area (TPSA) is 39.2 Å². The minimum atomic E-state index is 0. The van der Waals surface area contributed by atoms with Crippen LogP contribution in [0.5, 0.6) is 0 Å². The first kappa shape index (κ1) is 11.7. The molecule has 2 aromatic rings. The van der Waals surface area contributed by atoms with Crippen LogP contribution >= 0.6 is 35.6 Å². The number of nitrogens with two attached hydrogens (primary N) is 1. The van der Waals surface area contributed by atoms with Crippen molar-refractivity contribution in [2.45, 2.75) is 6.54 Å². The number of rotatable bonds is 1. The third kappa shape index (κ3) is 1.84. The fourth-order valence-electron chi connectivity index (χ4n) is 1.30. The zero-order valence-electron chi connectivity index (χ0n) is 7.09. The van der Waals surface area contributed by atoms with Crippen LogP contribution in [-0.2, 0) is 6.54 Å². The summed E-state index contributed by atoms with van der Waals surface area (Å²) >= 11 is 11.8. The van der Waals surface area contributed by atoms with Crippen LogP contribution in [-0.4, -0.2) is 0 Å². The first-order valence-electron chi connectivity index (χ1n) is 3.77. The second-order valence-corrected chi connectivity index (χ2v) is 3.57. The van der Waals surface area contributed by atoms with Crippen molar-refractivity contribution in [2.75, 3.05) is 0 Å². The highest BCUT2D eigenvalue weighted by atomic mass is 35.5. The summed E-state index contributed by atoms with van der Waals surface area (Å²) in [4.78, 5) is 0. The van der Waals surface area contributed by atoms with Gasteiger partial charge in [-0.1, -0.05) is 23.2 Å². The van der Waals surface area contributed by atoms with Crippen molar-refractivity contribution in [3.63, 3.8) is 0 Å². The van der Waals surface area contributed by atoms with Crippen molar-refractivity contribution in [3.8, 4) is 0 Å². The Morgan fingerprint density at radius 2 is 2.00 bits per heavy atom. The monoisotopic (exact) mass is 251 g/mol. The van der Waals surface area contributed by atoms with Crippen molar-refractivity contribution in [2.24, 2.45) is 5.73 Å². The van der Waals surface area contributed by atoms with E-state index in [2.05, 4.69) is 0 Å². The van der Waals surface area contributed by atoms with Crippen molar-refractivity contribution < 1.29 is 4.42 Å². The van der Waals surface area contributed by atoms with E-state index in [1.54, 1.807) is 18.4 Å². The Labute approximate surface area is 97.4 Å². The molecule has 0 unspecified atom stereocenters. The normalized spacial score (nSPS) is 10.2. The van der Waals surface area contributed by atoms with E-state index in [1.807, 2.05) is 0 Å². The van der Waals surface area contributed by atoms with Gasteiger partial charge in [0, 0.05) is 28.6 Å². The lowest BCUT2D eigenvalue weighted by molar-refractivity contribution is 0.610. The molecule has 0 amide bonds. The smallest absolute Gasteiger partial charge is 0.137 e. The highest BCUT2D eigenvalue weighted by molar-refractivity contribution is 6.38. The minimum Gasteiger partial charge on any atom is -0.464 e. The number of hydrogen-bond acceptors (Lipinski definition) is 2. The number of halogens is 3. The lowest BCUT2D eigenvalue weighted by Gasteiger charge is -1.96. The van der Waals surface area contributed by atoms with E-state index in [-0.39, 0.29) is 12.4 Å². The van der Waals surface area contributed by atoms with Gasteiger partial charge in [-0.3, -0.25) is 0 Å². The molecule has 76 valence electrons. The second-order valence-electron chi connectivity index (χ2n) is 2.73. The van der Waals surface area contributed by atoms with Gasteiger partial charge in [-0.15, -0.1) is 12.4 Å².